The fourth-order valence-electron chi connectivity index (χ4n) is 1.68. The van der Waals surface area contributed by atoms with Gasteiger partial charge in [-0.15, -0.1) is 11.3 Å². The monoisotopic (exact) mass is 257 g/mol. The van der Waals surface area contributed by atoms with Gasteiger partial charge in [0.2, 0.25) is 0 Å². The lowest BCUT2D eigenvalue weighted by Crippen LogP contribution is -2.09. The number of hydrogen-bond acceptors (Lipinski definition) is 4. The first-order chi connectivity index (χ1) is 8.70. The predicted molar refractivity (Wildman–Crippen MR) is 73.0 cm³/mol. The van der Waals surface area contributed by atoms with Crippen molar-refractivity contribution >= 4 is 11.3 Å². The van der Waals surface area contributed by atoms with Crippen LogP contribution in [0, 0.1) is 23.2 Å². The molecule has 2 heterocycles. The van der Waals surface area contributed by atoms with Gasteiger partial charge < -0.3 is 0 Å². The van der Waals surface area contributed by atoms with Crippen LogP contribution in [0.2, 0.25) is 0 Å². The van der Waals surface area contributed by atoms with Crippen molar-refractivity contribution in [2.75, 3.05) is 0 Å². The van der Waals surface area contributed by atoms with Crippen LogP contribution in [0.3, 0.4) is 0 Å². The molecule has 0 saturated heterocycles. The fraction of sp³-hybridized carbons (Fsp3) is 0.357. The summed E-state index contributed by atoms with van der Waals surface area (Å²) in [6, 6.07) is 6.25. The lowest BCUT2D eigenvalue weighted by atomic mass is 9.94. The van der Waals surface area contributed by atoms with Crippen LogP contribution in [-0.2, 0) is 6.42 Å². The number of nitriles is 1. The molecule has 2 aromatic heterocycles. The standard InChI is InChI=1S/C14H15N3S/c1-10(2)12(8-15)7-14-17-13(9-18-14)11-3-5-16-6-4-11/h3-6,9-10,12H,7H2,1-2H3. The Hall–Kier alpha value is -1.73. The Labute approximate surface area is 111 Å². The first kappa shape index (κ1) is 12.7. The molecule has 0 spiro atoms. The van der Waals surface area contributed by atoms with Crippen LogP contribution in [0.4, 0.5) is 0 Å². The maximum Gasteiger partial charge on any atom is 0.0945 e. The quantitative estimate of drug-likeness (QED) is 0.841. The highest BCUT2D eigenvalue weighted by Crippen LogP contribution is 2.24. The van der Waals surface area contributed by atoms with Gasteiger partial charge in [0.15, 0.2) is 0 Å². The summed E-state index contributed by atoms with van der Waals surface area (Å²) in [4.78, 5) is 8.59. The Morgan fingerprint density at radius 3 is 2.67 bits per heavy atom. The highest BCUT2D eigenvalue weighted by molar-refractivity contribution is 7.09. The SMILES string of the molecule is CC(C)C(C#N)Cc1nc(-c2ccncc2)cs1. The van der Waals surface area contributed by atoms with Gasteiger partial charge in [-0.3, -0.25) is 4.98 Å². The van der Waals surface area contributed by atoms with Crippen LogP contribution in [-0.4, -0.2) is 9.97 Å². The second-order valence-corrected chi connectivity index (χ2v) is 5.49. The third-order valence-electron chi connectivity index (χ3n) is 2.89. The van der Waals surface area contributed by atoms with E-state index < -0.39 is 0 Å². The molecule has 2 aromatic rings. The number of pyridine rings is 1. The van der Waals surface area contributed by atoms with E-state index in [1.165, 1.54) is 0 Å². The Morgan fingerprint density at radius 2 is 2.06 bits per heavy atom. The van der Waals surface area contributed by atoms with Crippen molar-refractivity contribution in [3.05, 3.63) is 34.9 Å². The first-order valence-corrected chi connectivity index (χ1v) is 6.83. The Kier molecular flexibility index (Phi) is 4.06. The highest BCUT2D eigenvalue weighted by atomic mass is 32.1. The summed E-state index contributed by atoms with van der Waals surface area (Å²) < 4.78 is 0. The first-order valence-electron chi connectivity index (χ1n) is 5.95. The van der Waals surface area contributed by atoms with E-state index in [0.717, 1.165) is 22.7 Å². The van der Waals surface area contributed by atoms with Gasteiger partial charge in [-0.05, 0) is 18.1 Å². The van der Waals surface area contributed by atoms with E-state index in [9.17, 15) is 0 Å². The third-order valence-corrected chi connectivity index (χ3v) is 3.76. The molecule has 0 aliphatic heterocycles. The minimum Gasteiger partial charge on any atom is -0.265 e. The molecular formula is C14H15N3S. The predicted octanol–water partition coefficient (Wildman–Crippen LogP) is 3.54. The lowest BCUT2D eigenvalue weighted by molar-refractivity contribution is 0.473. The molecule has 0 fully saturated rings. The summed E-state index contributed by atoms with van der Waals surface area (Å²) in [5, 5.41) is 12.2. The minimum atomic E-state index is 0.0430. The van der Waals surface area contributed by atoms with Crippen LogP contribution < -0.4 is 0 Å². The molecule has 0 amide bonds. The molecule has 1 unspecified atom stereocenters. The lowest BCUT2D eigenvalue weighted by Gasteiger charge is -2.10. The number of nitrogens with zero attached hydrogens (tertiary/aromatic N) is 3. The number of thiazole rings is 1. The van der Waals surface area contributed by atoms with Crippen molar-refractivity contribution in [2.45, 2.75) is 20.3 Å². The number of aromatic nitrogens is 2. The van der Waals surface area contributed by atoms with Crippen molar-refractivity contribution in [3.63, 3.8) is 0 Å². The van der Waals surface area contributed by atoms with Gasteiger partial charge in [0.25, 0.3) is 0 Å². The molecule has 3 nitrogen and oxygen atoms in total. The van der Waals surface area contributed by atoms with Crippen LogP contribution in [0.25, 0.3) is 11.3 Å². The second kappa shape index (κ2) is 5.74. The van der Waals surface area contributed by atoms with Gasteiger partial charge >= 0.3 is 0 Å². The topological polar surface area (TPSA) is 49.6 Å². The van der Waals surface area contributed by atoms with E-state index in [4.69, 9.17) is 5.26 Å². The molecule has 0 aliphatic carbocycles. The smallest absolute Gasteiger partial charge is 0.0945 e. The van der Waals surface area contributed by atoms with Crippen molar-refractivity contribution in [1.29, 1.82) is 5.26 Å². The zero-order valence-corrected chi connectivity index (χ0v) is 11.3. The van der Waals surface area contributed by atoms with Gasteiger partial charge in [-0.2, -0.15) is 5.26 Å². The third kappa shape index (κ3) is 2.93. The minimum absolute atomic E-state index is 0.0430. The molecule has 4 heteroatoms. The molecule has 0 aromatic carbocycles. The van der Waals surface area contributed by atoms with E-state index in [0.29, 0.717) is 5.92 Å². The molecule has 0 saturated carbocycles. The largest absolute Gasteiger partial charge is 0.265 e. The molecular weight excluding hydrogens is 242 g/mol. The van der Waals surface area contributed by atoms with Crippen molar-refractivity contribution < 1.29 is 0 Å². The van der Waals surface area contributed by atoms with Crippen LogP contribution >= 0.6 is 11.3 Å². The van der Waals surface area contributed by atoms with Gasteiger partial charge in [0.1, 0.15) is 0 Å². The van der Waals surface area contributed by atoms with Gasteiger partial charge in [-0.25, -0.2) is 4.98 Å². The maximum atomic E-state index is 9.10. The Bertz CT molecular complexity index is 540. The van der Waals surface area contributed by atoms with Crippen LogP contribution in [0.1, 0.15) is 18.9 Å². The summed E-state index contributed by atoms with van der Waals surface area (Å²) in [5.41, 5.74) is 2.04. The summed E-state index contributed by atoms with van der Waals surface area (Å²) in [6.07, 6.45) is 4.27. The van der Waals surface area contributed by atoms with Crippen molar-refractivity contribution in [1.82, 2.24) is 9.97 Å². The Morgan fingerprint density at radius 1 is 1.33 bits per heavy atom. The molecule has 0 N–H and O–H groups in total. The Balaban J connectivity index is 2.14. The second-order valence-electron chi connectivity index (χ2n) is 4.55. The van der Waals surface area contributed by atoms with Crippen LogP contribution in [0.15, 0.2) is 29.9 Å². The van der Waals surface area contributed by atoms with E-state index in [-0.39, 0.29) is 5.92 Å². The maximum absolute atomic E-state index is 9.10. The highest BCUT2D eigenvalue weighted by Gasteiger charge is 2.15. The molecule has 0 radical (unpaired) electrons. The molecule has 92 valence electrons. The summed E-state index contributed by atoms with van der Waals surface area (Å²) in [6.45, 7) is 4.15. The normalized spacial score (nSPS) is 12.3. The number of rotatable bonds is 4. The van der Waals surface area contributed by atoms with Gasteiger partial charge in [0.05, 0.1) is 22.7 Å². The van der Waals surface area contributed by atoms with Gasteiger partial charge in [0, 0.05) is 29.8 Å². The fourth-order valence-corrected chi connectivity index (χ4v) is 2.54. The zero-order chi connectivity index (χ0) is 13.0. The van der Waals surface area contributed by atoms with E-state index in [1.807, 2.05) is 17.5 Å². The van der Waals surface area contributed by atoms with E-state index >= 15 is 0 Å². The molecule has 18 heavy (non-hydrogen) atoms. The summed E-state index contributed by atoms with van der Waals surface area (Å²) in [5.74, 6) is 0.407. The van der Waals surface area contributed by atoms with Crippen molar-refractivity contribution in [3.8, 4) is 17.3 Å². The molecule has 2 rings (SSSR count). The average molecular weight is 257 g/mol. The van der Waals surface area contributed by atoms with E-state index in [2.05, 4.69) is 29.9 Å². The van der Waals surface area contributed by atoms with E-state index in [1.54, 1.807) is 23.7 Å². The summed E-state index contributed by atoms with van der Waals surface area (Å²) in [7, 11) is 0. The zero-order valence-electron chi connectivity index (χ0n) is 10.5. The van der Waals surface area contributed by atoms with Gasteiger partial charge in [-0.1, -0.05) is 13.8 Å². The molecule has 0 bridgehead atoms. The van der Waals surface area contributed by atoms with Crippen molar-refractivity contribution in [2.24, 2.45) is 11.8 Å². The molecule has 1 atom stereocenters. The summed E-state index contributed by atoms with van der Waals surface area (Å²) >= 11 is 1.62. The van der Waals surface area contributed by atoms with Crippen LogP contribution in [0.5, 0.6) is 0 Å². The average Bonchev–Trinajstić information content (AvgIpc) is 2.85. The number of hydrogen-bond donors (Lipinski definition) is 0. The molecule has 0 aliphatic rings.